The van der Waals surface area contributed by atoms with Crippen LogP contribution in [0.2, 0.25) is 0 Å². The van der Waals surface area contributed by atoms with Crippen LogP contribution in [0.5, 0.6) is 11.6 Å². The highest BCUT2D eigenvalue weighted by atomic mass is 16.5. The summed E-state index contributed by atoms with van der Waals surface area (Å²) in [5.41, 5.74) is 1.77. The Morgan fingerprint density at radius 3 is 2.74 bits per heavy atom. The molecule has 27 heavy (non-hydrogen) atoms. The molecule has 1 aliphatic heterocycles. The van der Waals surface area contributed by atoms with E-state index in [-0.39, 0.29) is 17.5 Å². The maximum Gasteiger partial charge on any atom is 0.331 e. The van der Waals surface area contributed by atoms with E-state index in [4.69, 9.17) is 4.74 Å². The Kier molecular flexibility index (Phi) is 4.07. The fraction of sp³-hybridized carbons (Fsp3) is 0.368. The van der Waals surface area contributed by atoms with Crippen LogP contribution < -0.4 is 21.3 Å². The van der Waals surface area contributed by atoms with Crippen LogP contribution in [-0.2, 0) is 6.42 Å². The predicted octanol–water partition coefficient (Wildman–Crippen LogP) is 1.55. The Morgan fingerprint density at radius 1 is 1.26 bits per heavy atom. The van der Waals surface area contributed by atoms with E-state index in [0.717, 1.165) is 34.3 Å². The molecule has 1 aliphatic rings. The van der Waals surface area contributed by atoms with Crippen molar-refractivity contribution in [2.45, 2.75) is 32.4 Å². The lowest BCUT2D eigenvalue weighted by Gasteiger charge is -2.26. The number of fused-ring (bicyclic) bond motifs is 3. The van der Waals surface area contributed by atoms with Crippen molar-refractivity contribution in [1.82, 2.24) is 19.9 Å². The molecule has 1 aromatic carbocycles. The number of ether oxygens (including phenoxy) is 1. The van der Waals surface area contributed by atoms with Gasteiger partial charge in [0.05, 0.1) is 13.2 Å². The van der Waals surface area contributed by atoms with Crippen LogP contribution in [0.4, 0.5) is 0 Å². The van der Waals surface area contributed by atoms with Gasteiger partial charge in [0.25, 0.3) is 5.56 Å². The first-order valence-corrected chi connectivity index (χ1v) is 8.92. The van der Waals surface area contributed by atoms with E-state index in [1.54, 1.807) is 21.0 Å². The Bertz CT molecular complexity index is 1140. The first-order chi connectivity index (χ1) is 12.9. The van der Waals surface area contributed by atoms with Crippen molar-refractivity contribution < 1.29 is 9.84 Å². The standard InChI is InChI=1S/C19H22N4O4/c1-9(2)23-18(25)14(17(24)22-19(23)26)16-15-11(6-7-20-16)12-8-10(27-3)4-5-13(12)21-15/h4-5,8-9,16,20-21,25H,6-7H2,1-3H3,(H,22,24,26)/t16-/m0/s1. The second kappa shape index (κ2) is 6.31. The van der Waals surface area contributed by atoms with Crippen LogP contribution in [0.25, 0.3) is 10.9 Å². The Hall–Kier alpha value is -3.00. The summed E-state index contributed by atoms with van der Waals surface area (Å²) >= 11 is 0. The maximum atomic E-state index is 12.6. The van der Waals surface area contributed by atoms with Gasteiger partial charge >= 0.3 is 5.69 Å². The average molecular weight is 370 g/mol. The van der Waals surface area contributed by atoms with Crippen LogP contribution in [0, 0.1) is 0 Å². The molecule has 0 spiro atoms. The number of nitrogens with one attached hydrogen (secondary N) is 3. The van der Waals surface area contributed by atoms with Gasteiger partial charge in [-0.2, -0.15) is 0 Å². The molecule has 0 fully saturated rings. The minimum atomic E-state index is -0.617. The van der Waals surface area contributed by atoms with E-state index >= 15 is 0 Å². The van der Waals surface area contributed by atoms with Crippen LogP contribution in [0.15, 0.2) is 27.8 Å². The van der Waals surface area contributed by atoms with Gasteiger partial charge in [-0.3, -0.25) is 14.3 Å². The molecule has 0 amide bonds. The second-order valence-corrected chi connectivity index (χ2v) is 7.03. The summed E-state index contributed by atoms with van der Waals surface area (Å²) in [6.07, 6.45) is 0.779. The lowest BCUT2D eigenvalue weighted by molar-refractivity contribution is 0.366. The molecule has 4 rings (SSSR count). The molecule has 0 saturated heterocycles. The number of aromatic hydroxyl groups is 1. The molecule has 8 heteroatoms. The van der Waals surface area contributed by atoms with E-state index in [9.17, 15) is 14.7 Å². The average Bonchev–Trinajstić information content (AvgIpc) is 2.99. The minimum absolute atomic E-state index is 0.141. The van der Waals surface area contributed by atoms with Crippen molar-refractivity contribution in [2.75, 3.05) is 13.7 Å². The molecule has 0 unspecified atom stereocenters. The van der Waals surface area contributed by atoms with E-state index in [1.165, 1.54) is 4.57 Å². The number of hydrogen-bond acceptors (Lipinski definition) is 5. The van der Waals surface area contributed by atoms with Gasteiger partial charge in [0.2, 0.25) is 5.88 Å². The molecule has 3 heterocycles. The van der Waals surface area contributed by atoms with Gasteiger partial charge in [0, 0.05) is 29.2 Å². The third-order valence-electron chi connectivity index (χ3n) is 5.12. The van der Waals surface area contributed by atoms with Crippen molar-refractivity contribution in [3.8, 4) is 11.6 Å². The van der Waals surface area contributed by atoms with E-state index in [1.807, 2.05) is 18.2 Å². The summed E-state index contributed by atoms with van der Waals surface area (Å²) in [6.45, 7) is 4.19. The molecule has 8 nitrogen and oxygen atoms in total. The zero-order chi connectivity index (χ0) is 19.3. The van der Waals surface area contributed by atoms with E-state index in [0.29, 0.717) is 6.54 Å². The number of aromatic amines is 2. The Balaban J connectivity index is 1.95. The first-order valence-electron chi connectivity index (χ1n) is 8.92. The number of nitrogens with zero attached hydrogens (tertiary/aromatic N) is 1. The summed E-state index contributed by atoms with van der Waals surface area (Å²) in [4.78, 5) is 30.3. The van der Waals surface area contributed by atoms with E-state index in [2.05, 4.69) is 15.3 Å². The third kappa shape index (κ3) is 2.64. The maximum absolute atomic E-state index is 12.6. The highest BCUT2D eigenvalue weighted by Gasteiger charge is 2.31. The number of methoxy groups -OCH3 is 1. The number of aromatic nitrogens is 3. The van der Waals surface area contributed by atoms with Gasteiger partial charge in [-0.15, -0.1) is 0 Å². The quantitative estimate of drug-likeness (QED) is 0.559. The number of benzene rings is 1. The lowest BCUT2D eigenvalue weighted by atomic mass is 9.95. The normalized spacial score (nSPS) is 16.7. The van der Waals surface area contributed by atoms with E-state index < -0.39 is 17.3 Å². The lowest BCUT2D eigenvalue weighted by Crippen LogP contribution is -2.39. The highest BCUT2D eigenvalue weighted by Crippen LogP contribution is 2.36. The zero-order valence-corrected chi connectivity index (χ0v) is 15.4. The first kappa shape index (κ1) is 17.4. The fourth-order valence-corrected chi connectivity index (χ4v) is 3.87. The van der Waals surface area contributed by atoms with Gasteiger partial charge in [-0.05, 0) is 44.0 Å². The number of rotatable bonds is 3. The van der Waals surface area contributed by atoms with Crippen LogP contribution in [-0.4, -0.2) is 33.3 Å². The molecule has 1 atom stereocenters. The van der Waals surface area contributed by atoms with Crippen LogP contribution >= 0.6 is 0 Å². The molecule has 3 aromatic rings. The molecule has 2 aromatic heterocycles. The van der Waals surface area contributed by atoms with Crippen molar-refractivity contribution in [2.24, 2.45) is 0 Å². The van der Waals surface area contributed by atoms with Crippen molar-refractivity contribution in [3.63, 3.8) is 0 Å². The smallest absolute Gasteiger partial charge is 0.331 e. The molecular weight excluding hydrogens is 348 g/mol. The van der Waals surface area contributed by atoms with Gasteiger partial charge in [0.1, 0.15) is 11.3 Å². The summed E-state index contributed by atoms with van der Waals surface area (Å²) in [5, 5.41) is 15.0. The molecule has 4 N–H and O–H groups in total. The molecule has 0 saturated carbocycles. The topological polar surface area (TPSA) is 112 Å². The summed E-state index contributed by atoms with van der Waals surface area (Å²) < 4.78 is 6.52. The van der Waals surface area contributed by atoms with Crippen molar-refractivity contribution >= 4 is 10.9 Å². The molecule has 0 bridgehead atoms. The Morgan fingerprint density at radius 2 is 2.04 bits per heavy atom. The number of hydrogen-bond donors (Lipinski definition) is 4. The van der Waals surface area contributed by atoms with Gasteiger partial charge in [-0.1, -0.05) is 0 Å². The van der Waals surface area contributed by atoms with Crippen LogP contribution in [0.3, 0.4) is 0 Å². The van der Waals surface area contributed by atoms with Crippen LogP contribution in [0.1, 0.15) is 42.8 Å². The number of H-pyrrole nitrogens is 2. The second-order valence-electron chi connectivity index (χ2n) is 7.03. The summed E-state index contributed by atoms with van der Waals surface area (Å²) in [7, 11) is 1.62. The van der Waals surface area contributed by atoms with Gasteiger partial charge in [0.15, 0.2) is 0 Å². The monoisotopic (exact) mass is 370 g/mol. The summed E-state index contributed by atoms with van der Waals surface area (Å²) in [5.74, 6) is 0.453. The third-order valence-corrected chi connectivity index (χ3v) is 5.12. The largest absolute Gasteiger partial charge is 0.497 e. The molecular formula is C19H22N4O4. The fourth-order valence-electron chi connectivity index (χ4n) is 3.87. The van der Waals surface area contributed by atoms with Gasteiger partial charge < -0.3 is 20.1 Å². The predicted molar refractivity (Wildman–Crippen MR) is 102 cm³/mol. The van der Waals surface area contributed by atoms with Crippen molar-refractivity contribution in [1.29, 1.82) is 0 Å². The zero-order valence-electron chi connectivity index (χ0n) is 15.4. The highest BCUT2D eigenvalue weighted by molar-refractivity contribution is 5.86. The summed E-state index contributed by atoms with van der Waals surface area (Å²) in [6, 6.07) is 4.94. The van der Waals surface area contributed by atoms with Gasteiger partial charge in [-0.25, -0.2) is 4.79 Å². The van der Waals surface area contributed by atoms with Crippen molar-refractivity contribution in [3.05, 3.63) is 55.9 Å². The Labute approximate surface area is 154 Å². The molecule has 142 valence electrons. The molecule has 0 aliphatic carbocycles. The SMILES string of the molecule is COc1ccc2[nH]c3c(c2c1)CCN[C@H]3c1c(O)n(C(C)C)c(=O)[nH]c1=O. The minimum Gasteiger partial charge on any atom is -0.497 e. The molecule has 0 radical (unpaired) electrons.